The Kier molecular flexibility index (Phi) is 6.72. The Morgan fingerprint density at radius 1 is 0.375 bits per heavy atom. The molecule has 0 spiro atoms. The van der Waals surface area contributed by atoms with Crippen LogP contribution in [0.5, 0.6) is 0 Å². The van der Waals surface area contributed by atoms with Crippen molar-refractivity contribution in [2.24, 2.45) is 0 Å². The van der Waals surface area contributed by atoms with Crippen molar-refractivity contribution >= 4 is 32.6 Å². The first kappa shape index (κ1) is 28.0. The minimum atomic E-state index is 0.978. The number of fused-ring (bicyclic) bond motifs is 3. The van der Waals surface area contributed by atoms with Crippen LogP contribution in [0.4, 0.5) is 0 Å². The van der Waals surface area contributed by atoms with Gasteiger partial charge in [0.1, 0.15) is 5.82 Å². The molecule has 0 radical (unpaired) electrons. The van der Waals surface area contributed by atoms with Gasteiger partial charge in [0.15, 0.2) is 0 Å². The van der Waals surface area contributed by atoms with Crippen molar-refractivity contribution in [2.45, 2.75) is 6.92 Å². The molecule has 0 aliphatic rings. The third-order valence-electron chi connectivity index (χ3n) is 9.49. The smallest absolute Gasteiger partial charge is 0.111 e. The van der Waals surface area contributed by atoms with Gasteiger partial charge >= 0.3 is 0 Å². The van der Waals surface area contributed by atoms with E-state index in [9.17, 15) is 0 Å². The highest BCUT2D eigenvalue weighted by Crippen LogP contribution is 2.45. The zero-order chi connectivity index (χ0) is 32.0. The number of benzene rings is 8. The summed E-state index contributed by atoms with van der Waals surface area (Å²) in [6.45, 7) is 2.08. The predicted octanol–water partition coefficient (Wildman–Crippen LogP) is 12.3. The van der Waals surface area contributed by atoms with Gasteiger partial charge in [-0.25, -0.2) is 4.98 Å². The van der Waals surface area contributed by atoms with E-state index in [1.807, 2.05) is 0 Å². The molecule has 8 aromatic carbocycles. The van der Waals surface area contributed by atoms with Crippen LogP contribution in [0, 0.1) is 6.92 Å². The summed E-state index contributed by atoms with van der Waals surface area (Å²) in [5, 5.41) is 4.94. The fraction of sp³-hybridized carbons (Fsp3) is 0.0217. The second-order valence-electron chi connectivity index (χ2n) is 12.4. The first-order valence-electron chi connectivity index (χ1n) is 16.5. The topological polar surface area (TPSA) is 17.8 Å². The summed E-state index contributed by atoms with van der Waals surface area (Å²) < 4.78 is 2.24. The molecule has 48 heavy (non-hydrogen) atoms. The summed E-state index contributed by atoms with van der Waals surface area (Å²) in [6.07, 6.45) is 0. The minimum Gasteiger partial charge on any atom is -0.297 e. The SMILES string of the molecule is Cc1nc2cc(-c3c4ccccc4c(-c4cc(-c5ccccc5)cc(-c5ccccc5)c4)c4ccccc34)ccc2n1-c1ccccc1. The number of rotatable bonds is 5. The Hall–Kier alpha value is -6.25. The summed E-state index contributed by atoms with van der Waals surface area (Å²) >= 11 is 0. The van der Waals surface area contributed by atoms with Gasteiger partial charge < -0.3 is 0 Å². The van der Waals surface area contributed by atoms with Crippen LogP contribution in [0.15, 0.2) is 176 Å². The van der Waals surface area contributed by atoms with Gasteiger partial charge in [-0.05, 0) is 115 Å². The Morgan fingerprint density at radius 3 is 1.33 bits per heavy atom. The van der Waals surface area contributed by atoms with Gasteiger partial charge in [-0.15, -0.1) is 0 Å². The molecule has 1 heterocycles. The molecule has 2 nitrogen and oxygen atoms in total. The number of imidazole rings is 1. The second-order valence-corrected chi connectivity index (χ2v) is 12.4. The van der Waals surface area contributed by atoms with Gasteiger partial charge in [-0.1, -0.05) is 133 Å². The van der Waals surface area contributed by atoms with Crippen molar-refractivity contribution in [3.8, 4) is 50.2 Å². The molecule has 0 aliphatic carbocycles. The molecule has 0 amide bonds. The maximum Gasteiger partial charge on any atom is 0.111 e. The molecule has 0 saturated carbocycles. The summed E-state index contributed by atoms with van der Waals surface area (Å²) in [5.74, 6) is 0.978. The van der Waals surface area contributed by atoms with E-state index in [1.54, 1.807) is 0 Å². The van der Waals surface area contributed by atoms with Gasteiger partial charge in [0, 0.05) is 5.69 Å². The molecule has 9 aromatic rings. The van der Waals surface area contributed by atoms with Crippen LogP contribution in [0.1, 0.15) is 5.82 Å². The lowest BCUT2D eigenvalue weighted by Crippen LogP contribution is -1.96. The van der Waals surface area contributed by atoms with E-state index in [0.29, 0.717) is 0 Å². The van der Waals surface area contributed by atoms with Crippen molar-refractivity contribution in [3.63, 3.8) is 0 Å². The molecule has 0 fully saturated rings. The van der Waals surface area contributed by atoms with Crippen molar-refractivity contribution in [3.05, 3.63) is 182 Å². The zero-order valence-corrected chi connectivity index (χ0v) is 26.6. The normalized spacial score (nSPS) is 11.4. The number of para-hydroxylation sites is 1. The maximum atomic E-state index is 5.04. The summed E-state index contributed by atoms with van der Waals surface area (Å²) in [5.41, 5.74) is 12.9. The third kappa shape index (κ3) is 4.70. The molecular formula is C46H32N2. The number of hydrogen-bond donors (Lipinski definition) is 0. The summed E-state index contributed by atoms with van der Waals surface area (Å²) in [4.78, 5) is 5.04. The average Bonchev–Trinajstić information content (AvgIpc) is 3.49. The first-order valence-corrected chi connectivity index (χ1v) is 16.5. The standard InChI is InChI=1S/C46H32N2/c1-31-47-43-30-34(25-26-44(43)48(31)38-19-9-4-10-20-38)45-39-21-11-13-23-41(39)46(42-24-14-12-22-40(42)45)37-28-35(32-15-5-2-6-16-32)27-36(29-37)33-17-7-3-8-18-33/h2-30H,1H3. The molecule has 0 aliphatic heterocycles. The number of aryl methyl sites for hydroxylation is 1. The highest BCUT2D eigenvalue weighted by atomic mass is 15.1. The van der Waals surface area contributed by atoms with Crippen LogP contribution in [-0.2, 0) is 0 Å². The lowest BCUT2D eigenvalue weighted by Gasteiger charge is -2.19. The fourth-order valence-corrected chi connectivity index (χ4v) is 7.38. The van der Waals surface area contributed by atoms with Crippen molar-refractivity contribution in [1.82, 2.24) is 9.55 Å². The maximum absolute atomic E-state index is 5.04. The van der Waals surface area contributed by atoms with Crippen LogP contribution < -0.4 is 0 Å². The molecule has 0 atom stereocenters. The monoisotopic (exact) mass is 612 g/mol. The Bertz CT molecular complexity index is 2480. The van der Waals surface area contributed by atoms with E-state index in [0.717, 1.165) is 22.5 Å². The van der Waals surface area contributed by atoms with Gasteiger partial charge in [-0.2, -0.15) is 0 Å². The van der Waals surface area contributed by atoms with E-state index in [4.69, 9.17) is 4.98 Å². The van der Waals surface area contributed by atoms with Gasteiger partial charge in [0.2, 0.25) is 0 Å². The van der Waals surface area contributed by atoms with E-state index >= 15 is 0 Å². The second kappa shape index (κ2) is 11.5. The molecule has 0 saturated heterocycles. The molecule has 9 rings (SSSR count). The van der Waals surface area contributed by atoms with Crippen molar-refractivity contribution in [2.75, 3.05) is 0 Å². The molecule has 0 unspecified atom stereocenters. The van der Waals surface area contributed by atoms with Crippen molar-refractivity contribution in [1.29, 1.82) is 0 Å². The molecule has 1 aromatic heterocycles. The highest BCUT2D eigenvalue weighted by molar-refractivity contribution is 6.22. The molecule has 0 N–H and O–H groups in total. The van der Waals surface area contributed by atoms with E-state index in [2.05, 4.69) is 187 Å². The molecule has 226 valence electrons. The molecular weight excluding hydrogens is 581 g/mol. The summed E-state index contributed by atoms with van der Waals surface area (Å²) in [6, 6.07) is 63.5. The highest BCUT2D eigenvalue weighted by Gasteiger charge is 2.19. The van der Waals surface area contributed by atoms with E-state index in [-0.39, 0.29) is 0 Å². The first-order chi connectivity index (χ1) is 23.7. The number of hydrogen-bond acceptors (Lipinski definition) is 1. The largest absolute Gasteiger partial charge is 0.297 e. The molecule has 2 heteroatoms. The van der Waals surface area contributed by atoms with Gasteiger partial charge in [0.25, 0.3) is 0 Å². The molecule has 0 bridgehead atoms. The Balaban J connectivity index is 1.31. The summed E-state index contributed by atoms with van der Waals surface area (Å²) in [7, 11) is 0. The average molecular weight is 613 g/mol. The lowest BCUT2D eigenvalue weighted by molar-refractivity contribution is 1.00. The quantitative estimate of drug-likeness (QED) is 0.177. The van der Waals surface area contributed by atoms with Crippen molar-refractivity contribution < 1.29 is 0 Å². The zero-order valence-electron chi connectivity index (χ0n) is 26.6. The Labute approximate surface area is 280 Å². The van der Waals surface area contributed by atoms with Crippen LogP contribution >= 0.6 is 0 Å². The third-order valence-corrected chi connectivity index (χ3v) is 9.49. The van der Waals surface area contributed by atoms with Crippen LogP contribution in [0.3, 0.4) is 0 Å². The van der Waals surface area contributed by atoms with Crippen LogP contribution in [-0.4, -0.2) is 9.55 Å². The number of nitrogens with zero attached hydrogens (tertiary/aromatic N) is 2. The Morgan fingerprint density at radius 2 is 0.812 bits per heavy atom. The van der Waals surface area contributed by atoms with Crippen LogP contribution in [0.2, 0.25) is 0 Å². The van der Waals surface area contributed by atoms with E-state index < -0.39 is 0 Å². The number of aromatic nitrogens is 2. The van der Waals surface area contributed by atoms with Gasteiger partial charge in [-0.3, -0.25) is 4.57 Å². The van der Waals surface area contributed by atoms with Crippen LogP contribution in [0.25, 0.3) is 82.8 Å². The predicted molar refractivity (Wildman–Crippen MR) is 203 cm³/mol. The minimum absolute atomic E-state index is 0.978. The van der Waals surface area contributed by atoms with E-state index in [1.165, 1.54) is 66.1 Å². The lowest BCUT2D eigenvalue weighted by atomic mass is 9.84. The fourth-order valence-electron chi connectivity index (χ4n) is 7.38. The van der Waals surface area contributed by atoms with Gasteiger partial charge in [0.05, 0.1) is 11.0 Å².